The highest BCUT2D eigenvalue weighted by atomic mass is 79.9. The van der Waals surface area contributed by atoms with Crippen LogP contribution >= 0.6 is 28.3 Å². The number of nitrogens with one attached hydrogen (secondary N) is 1. The van der Waals surface area contributed by atoms with Crippen LogP contribution in [0.1, 0.15) is 23.7 Å². The lowest BCUT2D eigenvalue weighted by atomic mass is 10.1. The van der Waals surface area contributed by atoms with Gasteiger partial charge in [0.05, 0.1) is 17.7 Å². The minimum absolute atomic E-state index is 0. The first kappa shape index (κ1) is 15.3. The average molecular weight is 336 g/mol. The van der Waals surface area contributed by atoms with Gasteiger partial charge in [-0.15, -0.1) is 12.4 Å². The lowest BCUT2D eigenvalue weighted by Crippen LogP contribution is -2.39. The zero-order chi connectivity index (χ0) is 12.4. The first-order valence-electron chi connectivity index (χ1n) is 5.55. The van der Waals surface area contributed by atoms with E-state index in [9.17, 15) is 4.79 Å². The van der Waals surface area contributed by atoms with Crippen molar-refractivity contribution in [3.05, 3.63) is 28.2 Å². The second kappa shape index (κ2) is 6.41. The van der Waals surface area contributed by atoms with Crippen LogP contribution in [0.3, 0.4) is 0 Å². The maximum Gasteiger partial charge on any atom is 0.253 e. The van der Waals surface area contributed by atoms with Gasteiger partial charge in [0.2, 0.25) is 0 Å². The number of halogens is 2. The summed E-state index contributed by atoms with van der Waals surface area (Å²) in [6.07, 6.45) is 0.916. The number of benzene rings is 1. The Morgan fingerprint density at radius 3 is 2.83 bits per heavy atom. The third kappa shape index (κ3) is 3.37. The Labute approximate surface area is 121 Å². The highest BCUT2D eigenvalue weighted by Gasteiger charge is 2.26. The Kier molecular flexibility index (Phi) is 5.44. The van der Waals surface area contributed by atoms with Crippen LogP contribution in [0.2, 0.25) is 0 Å². The summed E-state index contributed by atoms with van der Waals surface area (Å²) in [6.45, 7) is 2.66. The predicted octanol–water partition coefficient (Wildman–Crippen LogP) is 2.36. The minimum Gasteiger partial charge on any atom is -0.398 e. The predicted molar refractivity (Wildman–Crippen MR) is 77.1 cm³/mol. The molecular formula is C12H16BrClN2O2. The van der Waals surface area contributed by atoms with E-state index in [2.05, 4.69) is 21.2 Å². The Morgan fingerprint density at radius 2 is 2.28 bits per heavy atom. The normalized spacial score (nSPS) is 22.3. The first-order chi connectivity index (χ1) is 8.08. The van der Waals surface area contributed by atoms with Gasteiger partial charge in [0.1, 0.15) is 0 Å². The molecular weight excluding hydrogens is 320 g/mol. The quantitative estimate of drug-likeness (QED) is 0.816. The fraction of sp³-hybridized carbons (Fsp3) is 0.417. The second-order valence-electron chi connectivity index (χ2n) is 4.18. The zero-order valence-electron chi connectivity index (χ0n) is 9.98. The molecule has 2 rings (SSSR count). The fourth-order valence-corrected chi connectivity index (χ4v) is 2.29. The van der Waals surface area contributed by atoms with Crippen LogP contribution in [-0.2, 0) is 4.74 Å². The molecule has 1 amide bonds. The van der Waals surface area contributed by atoms with E-state index in [1.165, 1.54) is 0 Å². The van der Waals surface area contributed by atoms with Crippen molar-refractivity contribution in [2.75, 3.05) is 12.3 Å². The van der Waals surface area contributed by atoms with E-state index in [0.29, 0.717) is 17.9 Å². The molecule has 18 heavy (non-hydrogen) atoms. The number of amides is 1. The summed E-state index contributed by atoms with van der Waals surface area (Å²) in [5.74, 6) is -0.141. The lowest BCUT2D eigenvalue weighted by molar-refractivity contribution is 0.0867. The third-order valence-electron chi connectivity index (χ3n) is 2.95. The van der Waals surface area contributed by atoms with Crippen molar-refractivity contribution in [3.8, 4) is 0 Å². The smallest absolute Gasteiger partial charge is 0.253 e. The number of carbonyl (C=O) groups is 1. The highest BCUT2D eigenvalue weighted by molar-refractivity contribution is 9.10. The van der Waals surface area contributed by atoms with E-state index in [0.717, 1.165) is 10.9 Å². The van der Waals surface area contributed by atoms with E-state index in [1.807, 2.05) is 6.92 Å². The number of hydrogen-bond acceptors (Lipinski definition) is 3. The monoisotopic (exact) mass is 334 g/mol. The molecule has 1 heterocycles. The van der Waals surface area contributed by atoms with Gasteiger partial charge in [0.25, 0.3) is 5.91 Å². The number of nitrogen functional groups attached to an aromatic ring is 1. The first-order valence-corrected chi connectivity index (χ1v) is 6.34. The van der Waals surface area contributed by atoms with Gasteiger partial charge in [-0.25, -0.2) is 0 Å². The van der Waals surface area contributed by atoms with Crippen molar-refractivity contribution in [1.82, 2.24) is 5.32 Å². The number of hydrogen-bond donors (Lipinski definition) is 2. The molecule has 0 radical (unpaired) electrons. The number of carbonyl (C=O) groups excluding carboxylic acids is 1. The number of ether oxygens (including phenoxy) is 1. The van der Waals surface area contributed by atoms with Gasteiger partial charge in [0, 0.05) is 16.8 Å². The summed E-state index contributed by atoms with van der Waals surface area (Å²) in [6, 6.07) is 5.32. The fourth-order valence-electron chi connectivity index (χ4n) is 1.91. The maximum atomic E-state index is 12.0. The van der Waals surface area contributed by atoms with E-state index in [-0.39, 0.29) is 30.5 Å². The summed E-state index contributed by atoms with van der Waals surface area (Å²) in [5.41, 5.74) is 6.79. The molecule has 0 spiro atoms. The van der Waals surface area contributed by atoms with Gasteiger partial charge < -0.3 is 15.8 Å². The summed E-state index contributed by atoms with van der Waals surface area (Å²) in [7, 11) is 0. The summed E-state index contributed by atoms with van der Waals surface area (Å²) >= 11 is 3.31. The van der Waals surface area contributed by atoms with E-state index < -0.39 is 0 Å². The standard InChI is InChI=1S/C12H15BrN2O2.ClH/c1-7-11(4-5-17-7)15-12(16)9-3-2-8(13)6-10(9)14;/h2-3,6-7,11H,4-5,14H2,1H3,(H,15,16);1H. The van der Waals surface area contributed by atoms with E-state index in [1.54, 1.807) is 18.2 Å². The van der Waals surface area contributed by atoms with Crippen LogP contribution in [0.4, 0.5) is 5.69 Å². The molecule has 4 nitrogen and oxygen atoms in total. The summed E-state index contributed by atoms with van der Waals surface area (Å²) < 4.78 is 6.26. The average Bonchev–Trinajstić information content (AvgIpc) is 2.64. The molecule has 1 fully saturated rings. The highest BCUT2D eigenvalue weighted by Crippen LogP contribution is 2.19. The van der Waals surface area contributed by atoms with Crippen LogP contribution in [0.15, 0.2) is 22.7 Å². The Bertz CT molecular complexity index is 442. The van der Waals surface area contributed by atoms with Crippen LogP contribution < -0.4 is 11.1 Å². The molecule has 0 saturated carbocycles. The Hall–Kier alpha value is -0.780. The molecule has 1 aliphatic rings. The molecule has 100 valence electrons. The van der Waals surface area contributed by atoms with Crippen molar-refractivity contribution in [3.63, 3.8) is 0 Å². The Balaban J connectivity index is 0.00000162. The molecule has 1 aliphatic heterocycles. The third-order valence-corrected chi connectivity index (χ3v) is 3.44. The van der Waals surface area contributed by atoms with Crippen molar-refractivity contribution >= 4 is 39.9 Å². The van der Waals surface area contributed by atoms with Crippen molar-refractivity contribution in [1.29, 1.82) is 0 Å². The Morgan fingerprint density at radius 1 is 1.56 bits per heavy atom. The second-order valence-corrected chi connectivity index (χ2v) is 5.09. The molecule has 0 bridgehead atoms. The van der Waals surface area contributed by atoms with Crippen molar-refractivity contribution in [2.45, 2.75) is 25.5 Å². The minimum atomic E-state index is -0.141. The number of rotatable bonds is 2. The summed E-state index contributed by atoms with van der Waals surface area (Å²) in [4.78, 5) is 12.0. The molecule has 1 aromatic rings. The van der Waals surface area contributed by atoms with Crippen LogP contribution in [0.25, 0.3) is 0 Å². The maximum absolute atomic E-state index is 12.0. The van der Waals surface area contributed by atoms with Crippen LogP contribution in [-0.4, -0.2) is 24.7 Å². The zero-order valence-corrected chi connectivity index (χ0v) is 12.4. The van der Waals surface area contributed by atoms with Crippen molar-refractivity contribution in [2.24, 2.45) is 0 Å². The van der Waals surface area contributed by atoms with Crippen molar-refractivity contribution < 1.29 is 9.53 Å². The lowest BCUT2D eigenvalue weighted by Gasteiger charge is -2.16. The van der Waals surface area contributed by atoms with Gasteiger partial charge in [-0.05, 0) is 31.5 Å². The molecule has 0 aliphatic carbocycles. The van der Waals surface area contributed by atoms with Gasteiger partial charge in [0.15, 0.2) is 0 Å². The topological polar surface area (TPSA) is 64.3 Å². The SMILES string of the molecule is CC1OCCC1NC(=O)c1ccc(Br)cc1N.Cl. The largest absolute Gasteiger partial charge is 0.398 e. The van der Waals surface area contributed by atoms with Gasteiger partial charge in [-0.1, -0.05) is 15.9 Å². The molecule has 1 saturated heterocycles. The summed E-state index contributed by atoms with van der Waals surface area (Å²) in [5, 5.41) is 2.95. The van der Waals surface area contributed by atoms with Crippen LogP contribution in [0, 0.1) is 0 Å². The number of nitrogens with two attached hydrogens (primary N) is 1. The van der Waals surface area contributed by atoms with Gasteiger partial charge in [-0.3, -0.25) is 4.79 Å². The molecule has 0 aromatic heterocycles. The van der Waals surface area contributed by atoms with Gasteiger partial charge >= 0.3 is 0 Å². The van der Waals surface area contributed by atoms with Gasteiger partial charge in [-0.2, -0.15) is 0 Å². The van der Waals surface area contributed by atoms with Crippen LogP contribution in [0.5, 0.6) is 0 Å². The molecule has 2 atom stereocenters. The molecule has 1 aromatic carbocycles. The molecule has 3 N–H and O–H groups in total. The number of anilines is 1. The molecule has 6 heteroatoms. The van der Waals surface area contributed by atoms with E-state index in [4.69, 9.17) is 10.5 Å². The van der Waals surface area contributed by atoms with E-state index >= 15 is 0 Å². The molecule has 2 unspecified atom stereocenters.